The molecule has 0 aromatic heterocycles. The summed E-state index contributed by atoms with van der Waals surface area (Å²) in [7, 11) is 1.61. The van der Waals surface area contributed by atoms with Crippen LogP contribution < -0.4 is 19.5 Å². The molecule has 2 aromatic rings. The van der Waals surface area contributed by atoms with E-state index in [0.717, 1.165) is 16.9 Å². The first kappa shape index (κ1) is 28.0. The van der Waals surface area contributed by atoms with Crippen LogP contribution in [0.4, 0.5) is 0 Å². The summed E-state index contributed by atoms with van der Waals surface area (Å²) in [4.78, 5) is 27.8. The van der Waals surface area contributed by atoms with Crippen molar-refractivity contribution in [1.82, 2.24) is 10.2 Å². The fourth-order valence-corrected chi connectivity index (χ4v) is 3.61. The minimum atomic E-state index is -0.595. The molecule has 1 N–H and O–H groups in total. The van der Waals surface area contributed by atoms with Crippen LogP contribution in [0.5, 0.6) is 17.2 Å². The molecule has 0 saturated heterocycles. The number of hydrogen-bond donors (Lipinski definition) is 1. The first-order valence-electron chi connectivity index (χ1n) is 12.4. The molecule has 0 aliphatic carbocycles. The second kappa shape index (κ2) is 14.2. The Hall–Kier alpha value is -3.22. The number of rotatable bonds is 14. The van der Waals surface area contributed by atoms with Gasteiger partial charge in [0.25, 0.3) is 0 Å². The predicted octanol–water partition coefficient (Wildman–Crippen LogP) is 4.61. The van der Waals surface area contributed by atoms with Crippen LogP contribution in [0.3, 0.4) is 0 Å². The Kier molecular flexibility index (Phi) is 11.4. The predicted molar refractivity (Wildman–Crippen MR) is 138 cm³/mol. The largest absolute Gasteiger partial charge is 0.497 e. The standard InChI is InChI=1S/C28H40N2O5/c1-7-34-25-15-11-22(17-26(25)35-8-2)12-16-27(31)30(21(5)28(32)29-18-20(3)4)19-23-9-13-24(33-6)14-10-23/h9-11,13-15,17,20-21H,7-8,12,16,18-19H2,1-6H3,(H,29,32). The van der Waals surface area contributed by atoms with Crippen molar-refractivity contribution in [3.8, 4) is 17.2 Å². The molecule has 0 spiro atoms. The fraction of sp³-hybridized carbons (Fsp3) is 0.500. The fourth-order valence-electron chi connectivity index (χ4n) is 3.61. The van der Waals surface area contributed by atoms with E-state index in [2.05, 4.69) is 5.32 Å². The Labute approximate surface area is 209 Å². The number of amides is 2. The third kappa shape index (κ3) is 8.81. The molecule has 7 heteroatoms. The molecule has 0 heterocycles. The van der Waals surface area contributed by atoms with E-state index in [1.807, 2.05) is 70.2 Å². The smallest absolute Gasteiger partial charge is 0.242 e. The maximum absolute atomic E-state index is 13.4. The molecule has 35 heavy (non-hydrogen) atoms. The number of carbonyl (C=O) groups excluding carboxylic acids is 2. The first-order chi connectivity index (χ1) is 16.8. The molecule has 2 rings (SSSR count). The zero-order valence-corrected chi connectivity index (χ0v) is 21.9. The van der Waals surface area contributed by atoms with Crippen molar-refractivity contribution in [2.24, 2.45) is 5.92 Å². The van der Waals surface area contributed by atoms with Crippen LogP contribution >= 0.6 is 0 Å². The molecule has 0 fully saturated rings. The second-order valence-electron chi connectivity index (χ2n) is 8.83. The maximum Gasteiger partial charge on any atom is 0.242 e. The van der Waals surface area contributed by atoms with Crippen LogP contribution in [0.25, 0.3) is 0 Å². The van der Waals surface area contributed by atoms with Crippen LogP contribution in [-0.2, 0) is 22.6 Å². The summed E-state index contributed by atoms with van der Waals surface area (Å²) in [6, 6.07) is 12.7. The number of nitrogens with zero attached hydrogens (tertiary/aromatic N) is 1. The molecule has 1 atom stereocenters. The van der Waals surface area contributed by atoms with Crippen molar-refractivity contribution in [3.63, 3.8) is 0 Å². The number of carbonyl (C=O) groups is 2. The highest BCUT2D eigenvalue weighted by molar-refractivity contribution is 5.87. The molecule has 192 valence electrons. The van der Waals surface area contributed by atoms with E-state index in [9.17, 15) is 9.59 Å². The Morgan fingerprint density at radius 3 is 2.14 bits per heavy atom. The number of ether oxygens (including phenoxy) is 3. The van der Waals surface area contributed by atoms with Gasteiger partial charge < -0.3 is 24.4 Å². The van der Waals surface area contributed by atoms with Crippen LogP contribution in [0.2, 0.25) is 0 Å². The monoisotopic (exact) mass is 484 g/mol. The van der Waals surface area contributed by atoms with Gasteiger partial charge in [-0.2, -0.15) is 0 Å². The summed E-state index contributed by atoms with van der Waals surface area (Å²) in [6.07, 6.45) is 0.808. The van der Waals surface area contributed by atoms with E-state index in [-0.39, 0.29) is 18.2 Å². The maximum atomic E-state index is 13.4. The zero-order chi connectivity index (χ0) is 25.8. The Balaban J connectivity index is 2.17. The quantitative estimate of drug-likeness (QED) is 0.424. The zero-order valence-electron chi connectivity index (χ0n) is 21.9. The van der Waals surface area contributed by atoms with Crippen LogP contribution in [0.15, 0.2) is 42.5 Å². The Morgan fingerprint density at radius 2 is 1.54 bits per heavy atom. The highest BCUT2D eigenvalue weighted by atomic mass is 16.5. The van der Waals surface area contributed by atoms with Gasteiger partial charge in [0.1, 0.15) is 11.8 Å². The summed E-state index contributed by atoms with van der Waals surface area (Å²) in [6.45, 7) is 11.7. The number of hydrogen-bond acceptors (Lipinski definition) is 5. The van der Waals surface area contributed by atoms with E-state index in [0.29, 0.717) is 50.1 Å². The van der Waals surface area contributed by atoms with Gasteiger partial charge in [-0.05, 0) is 68.5 Å². The van der Waals surface area contributed by atoms with Gasteiger partial charge in [0, 0.05) is 19.5 Å². The SMILES string of the molecule is CCOc1ccc(CCC(=O)N(Cc2ccc(OC)cc2)C(C)C(=O)NCC(C)C)cc1OCC. The third-order valence-corrected chi connectivity index (χ3v) is 5.60. The van der Waals surface area contributed by atoms with Gasteiger partial charge in [-0.3, -0.25) is 9.59 Å². The van der Waals surface area contributed by atoms with Gasteiger partial charge in [-0.15, -0.1) is 0 Å². The van der Waals surface area contributed by atoms with Crippen molar-refractivity contribution < 1.29 is 23.8 Å². The molecule has 2 aromatic carbocycles. The number of aryl methyl sites for hydroxylation is 1. The molecule has 1 unspecified atom stereocenters. The average molecular weight is 485 g/mol. The van der Waals surface area contributed by atoms with Gasteiger partial charge in [0.15, 0.2) is 11.5 Å². The summed E-state index contributed by atoms with van der Waals surface area (Å²) in [5.41, 5.74) is 1.91. The summed E-state index contributed by atoms with van der Waals surface area (Å²) < 4.78 is 16.6. The number of benzene rings is 2. The summed E-state index contributed by atoms with van der Waals surface area (Å²) >= 11 is 0. The summed E-state index contributed by atoms with van der Waals surface area (Å²) in [5, 5.41) is 2.95. The normalized spacial score (nSPS) is 11.6. The Morgan fingerprint density at radius 1 is 0.914 bits per heavy atom. The molecule has 2 amide bonds. The lowest BCUT2D eigenvalue weighted by molar-refractivity contribution is -0.140. The van der Waals surface area contributed by atoms with Gasteiger partial charge >= 0.3 is 0 Å². The second-order valence-corrected chi connectivity index (χ2v) is 8.83. The van der Waals surface area contributed by atoms with E-state index < -0.39 is 6.04 Å². The van der Waals surface area contributed by atoms with E-state index in [1.54, 1.807) is 18.9 Å². The average Bonchev–Trinajstić information content (AvgIpc) is 2.85. The lowest BCUT2D eigenvalue weighted by atomic mass is 10.1. The molecular weight excluding hydrogens is 444 g/mol. The van der Waals surface area contributed by atoms with Crippen molar-refractivity contribution in [3.05, 3.63) is 53.6 Å². The molecule has 0 saturated carbocycles. The third-order valence-electron chi connectivity index (χ3n) is 5.60. The van der Waals surface area contributed by atoms with E-state index in [1.165, 1.54) is 0 Å². The summed E-state index contributed by atoms with van der Waals surface area (Å²) in [5.74, 6) is 2.21. The molecule has 0 aliphatic rings. The first-order valence-corrected chi connectivity index (χ1v) is 12.4. The van der Waals surface area contributed by atoms with Crippen LogP contribution in [0, 0.1) is 5.92 Å². The van der Waals surface area contributed by atoms with Gasteiger partial charge in [-0.25, -0.2) is 0 Å². The van der Waals surface area contributed by atoms with E-state index in [4.69, 9.17) is 14.2 Å². The van der Waals surface area contributed by atoms with Crippen molar-refractivity contribution >= 4 is 11.8 Å². The molecule has 0 aliphatic heterocycles. The number of methoxy groups -OCH3 is 1. The van der Waals surface area contributed by atoms with Crippen molar-refractivity contribution in [2.45, 2.75) is 60.0 Å². The van der Waals surface area contributed by atoms with Gasteiger partial charge in [-0.1, -0.05) is 32.0 Å². The molecular formula is C28H40N2O5. The van der Waals surface area contributed by atoms with Gasteiger partial charge in [0.05, 0.1) is 20.3 Å². The van der Waals surface area contributed by atoms with Crippen LogP contribution in [-0.4, -0.2) is 49.6 Å². The lowest BCUT2D eigenvalue weighted by Gasteiger charge is -2.29. The highest BCUT2D eigenvalue weighted by Gasteiger charge is 2.26. The molecule has 0 bridgehead atoms. The Bertz CT molecular complexity index is 943. The lowest BCUT2D eigenvalue weighted by Crippen LogP contribution is -2.48. The highest BCUT2D eigenvalue weighted by Crippen LogP contribution is 2.29. The van der Waals surface area contributed by atoms with E-state index >= 15 is 0 Å². The topological polar surface area (TPSA) is 77.1 Å². The number of nitrogens with one attached hydrogen (secondary N) is 1. The molecule has 0 radical (unpaired) electrons. The molecule has 7 nitrogen and oxygen atoms in total. The minimum absolute atomic E-state index is 0.0835. The van der Waals surface area contributed by atoms with Crippen LogP contribution in [0.1, 0.15) is 52.2 Å². The van der Waals surface area contributed by atoms with Crippen molar-refractivity contribution in [1.29, 1.82) is 0 Å². The van der Waals surface area contributed by atoms with Crippen molar-refractivity contribution in [2.75, 3.05) is 26.9 Å². The minimum Gasteiger partial charge on any atom is -0.497 e. The van der Waals surface area contributed by atoms with Gasteiger partial charge in [0.2, 0.25) is 11.8 Å².